The van der Waals surface area contributed by atoms with Crippen LogP contribution < -0.4 is 4.90 Å². The molecule has 0 radical (unpaired) electrons. The van der Waals surface area contributed by atoms with Crippen LogP contribution in [0.2, 0.25) is 0 Å². The Labute approximate surface area is 120 Å². The minimum absolute atomic E-state index is 0.0253. The number of nitrogens with zero attached hydrogens (tertiary/aromatic N) is 3. The molecular weight excluding hydrogens is 278 g/mol. The molecule has 0 saturated carbocycles. The number of nitro groups is 1. The van der Waals surface area contributed by atoms with E-state index in [-0.39, 0.29) is 5.69 Å². The summed E-state index contributed by atoms with van der Waals surface area (Å²) >= 11 is 1.24. The van der Waals surface area contributed by atoms with Gasteiger partial charge in [-0.1, -0.05) is 6.07 Å². The predicted molar refractivity (Wildman–Crippen MR) is 78.0 cm³/mol. The summed E-state index contributed by atoms with van der Waals surface area (Å²) in [7, 11) is 1.79. The van der Waals surface area contributed by atoms with E-state index in [1.165, 1.54) is 17.4 Å². The van der Waals surface area contributed by atoms with Crippen molar-refractivity contribution in [1.29, 1.82) is 0 Å². The van der Waals surface area contributed by atoms with Gasteiger partial charge in [0, 0.05) is 36.9 Å². The lowest BCUT2D eigenvalue weighted by atomic mass is 10.2. The Morgan fingerprint density at radius 3 is 2.90 bits per heavy atom. The third-order valence-corrected chi connectivity index (χ3v) is 4.22. The predicted octanol–water partition coefficient (Wildman–Crippen LogP) is 2.74. The van der Waals surface area contributed by atoms with E-state index in [1.807, 2.05) is 12.1 Å². The third-order valence-electron chi connectivity index (χ3n) is 2.81. The van der Waals surface area contributed by atoms with E-state index in [1.54, 1.807) is 31.3 Å². The van der Waals surface area contributed by atoms with Crippen LogP contribution in [0.4, 0.5) is 10.7 Å². The minimum atomic E-state index is -0.709. The van der Waals surface area contributed by atoms with Gasteiger partial charge in [0.2, 0.25) is 0 Å². The standard InChI is InChI=1S/C13H15N3O3S/c1-9(17)12-6-11(16(18)19)13(20-12)15(2)8-10-4-3-5-14-7-10/h3-7,9,17H,8H2,1-2H3/t9-/m0/s1. The highest BCUT2D eigenvalue weighted by Crippen LogP contribution is 2.39. The maximum absolute atomic E-state index is 11.1. The number of aromatic nitrogens is 1. The molecule has 7 heteroatoms. The molecule has 0 fully saturated rings. The first-order chi connectivity index (χ1) is 9.49. The van der Waals surface area contributed by atoms with E-state index in [0.29, 0.717) is 16.4 Å². The Bertz CT molecular complexity index is 598. The van der Waals surface area contributed by atoms with Crippen molar-refractivity contribution in [2.24, 2.45) is 0 Å². The van der Waals surface area contributed by atoms with Crippen molar-refractivity contribution in [3.05, 3.63) is 51.1 Å². The first kappa shape index (κ1) is 14.4. The average molecular weight is 293 g/mol. The molecule has 0 aliphatic rings. The van der Waals surface area contributed by atoms with Crippen LogP contribution in [0.25, 0.3) is 0 Å². The largest absolute Gasteiger partial charge is 0.388 e. The molecule has 0 unspecified atom stereocenters. The van der Waals surface area contributed by atoms with Crippen molar-refractivity contribution in [2.45, 2.75) is 19.6 Å². The smallest absolute Gasteiger partial charge is 0.304 e. The first-order valence-electron chi connectivity index (χ1n) is 6.05. The van der Waals surface area contributed by atoms with Gasteiger partial charge in [0.05, 0.1) is 11.0 Å². The Hall–Kier alpha value is -1.99. The number of hydrogen-bond acceptors (Lipinski definition) is 6. The Morgan fingerprint density at radius 1 is 1.60 bits per heavy atom. The highest BCUT2D eigenvalue weighted by atomic mass is 32.1. The van der Waals surface area contributed by atoms with Crippen LogP contribution in [0.15, 0.2) is 30.6 Å². The maximum atomic E-state index is 11.1. The lowest BCUT2D eigenvalue weighted by Gasteiger charge is -2.16. The average Bonchev–Trinajstić information content (AvgIpc) is 2.85. The molecule has 1 atom stereocenters. The van der Waals surface area contributed by atoms with Gasteiger partial charge >= 0.3 is 5.69 Å². The zero-order chi connectivity index (χ0) is 14.7. The van der Waals surface area contributed by atoms with Gasteiger partial charge in [0.25, 0.3) is 0 Å². The van der Waals surface area contributed by atoms with E-state index < -0.39 is 11.0 Å². The molecule has 1 N–H and O–H groups in total. The van der Waals surface area contributed by atoms with Crippen LogP contribution in [0, 0.1) is 10.1 Å². The number of pyridine rings is 1. The topological polar surface area (TPSA) is 79.5 Å². The minimum Gasteiger partial charge on any atom is -0.388 e. The van der Waals surface area contributed by atoms with E-state index in [9.17, 15) is 15.2 Å². The monoisotopic (exact) mass is 293 g/mol. The normalized spacial score (nSPS) is 12.2. The lowest BCUT2D eigenvalue weighted by Crippen LogP contribution is -2.16. The number of rotatable bonds is 5. The van der Waals surface area contributed by atoms with Crippen molar-refractivity contribution in [3.8, 4) is 0 Å². The summed E-state index contributed by atoms with van der Waals surface area (Å²) in [4.78, 5) is 17.1. The second-order valence-electron chi connectivity index (χ2n) is 4.49. The zero-order valence-corrected chi connectivity index (χ0v) is 12.0. The molecule has 2 rings (SSSR count). The number of aliphatic hydroxyl groups is 1. The second kappa shape index (κ2) is 5.98. The molecule has 0 amide bonds. The van der Waals surface area contributed by atoms with Gasteiger partial charge in [-0.15, -0.1) is 11.3 Å². The molecule has 0 bridgehead atoms. The Morgan fingerprint density at radius 2 is 2.35 bits per heavy atom. The second-order valence-corrected chi connectivity index (χ2v) is 5.55. The molecule has 0 aromatic carbocycles. The SMILES string of the molecule is C[C@H](O)c1cc([N+](=O)[O-])c(N(C)Cc2cccnc2)s1. The van der Waals surface area contributed by atoms with Crippen LogP contribution in [0.1, 0.15) is 23.5 Å². The molecule has 2 aromatic heterocycles. The van der Waals surface area contributed by atoms with E-state index in [4.69, 9.17) is 0 Å². The summed E-state index contributed by atoms with van der Waals surface area (Å²) in [6.45, 7) is 2.12. The van der Waals surface area contributed by atoms with Crippen LogP contribution in [0.3, 0.4) is 0 Å². The lowest BCUT2D eigenvalue weighted by molar-refractivity contribution is -0.383. The van der Waals surface area contributed by atoms with Crippen LogP contribution in [0.5, 0.6) is 0 Å². The summed E-state index contributed by atoms with van der Waals surface area (Å²) < 4.78 is 0. The van der Waals surface area contributed by atoms with Crippen molar-refractivity contribution < 1.29 is 10.0 Å². The van der Waals surface area contributed by atoms with E-state index >= 15 is 0 Å². The number of thiophene rings is 1. The molecule has 106 valence electrons. The number of aliphatic hydroxyl groups excluding tert-OH is 1. The summed E-state index contributed by atoms with van der Waals surface area (Å²) in [6.07, 6.45) is 2.70. The molecule has 0 aliphatic heterocycles. The van der Waals surface area contributed by atoms with E-state index in [2.05, 4.69) is 4.98 Å². The fourth-order valence-electron chi connectivity index (χ4n) is 1.84. The van der Waals surface area contributed by atoms with Gasteiger partial charge < -0.3 is 10.0 Å². The van der Waals surface area contributed by atoms with Gasteiger partial charge in [-0.25, -0.2) is 0 Å². The van der Waals surface area contributed by atoms with Crippen molar-refractivity contribution in [3.63, 3.8) is 0 Å². The van der Waals surface area contributed by atoms with Crippen molar-refractivity contribution >= 4 is 22.0 Å². The van der Waals surface area contributed by atoms with Crippen molar-refractivity contribution in [1.82, 2.24) is 4.98 Å². The third kappa shape index (κ3) is 3.12. The fourth-order valence-corrected chi connectivity index (χ4v) is 2.86. The van der Waals surface area contributed by atoms with Gasteiger partial charge in [0.15, 0.2) is 5.00 Å². The van der Waals surface area contributed by atoms with Crippen molar-refractivity contribution in [2.75, 3.05) is 11.9 Å². The molecule has 2 heterocycles. The van der Waals surface area contributed by atoms with Gasteiger partial charge in [-0.05, 0) is 18.6 Å². The molecule has 2 aromatic rings. The van der Waals surface area contributed by atoms with Gasteiger partial charge in [-0.3, -0.25) is 15.1 Å². The number of anilines is 1. The molecule has 0 saturated heterocycles. The summed E-state index contributed by atoms with van der Waals surface area (Å²) in [5.41, 5.74) is 0.994. The molecule has 20 heavy (non-hydrogen) atoms. The Balaban J connectivity index is 2.28. The highest BCUT2D eigenvalue weighted by molar-refractivity contribution is 7.16. The van der Waals surface area contributed by atoms with Crippen LogP contribution in [-0.2, 0) is 6.54 Å². The Kier molecular flexibility index (Phi) is 4.31. The maximum Gasteiger partial charge on any atom is 0.304 e. The summed E-state index contributed by atoms with van der Waals surface area (Å²) in [5.74, 6) is 0. The van der Waals surface area contributed by atoms with E-state index in [0.717, 1.165) is 5.56 Å². The summed E-state index contributed by atoms with van der Waals surface area (Å²) in [6, 6.07) is 5.18. The zero-order valence-electron chi connectivity index (χ0n) is 11.2. The van der Waals surface area contributed by atoms with Crippen LogP contribution in [-0.4, -0.2) is 22.1 Å². The summed E-state index contributed by atoms with van der Waals surface area (Å²) in [5, 5.41) is 21.2. The van der Waals surface area contributed by atoms with Gasteiger partial charge in [-0.2, -0.15) is 0 Å². The molecule has 0 aliphatic carbocycles. The first-order valence-corrected chi connectivity index (χ1v) is 6.87. The highest BCUT2D eigenvalue weighted by Gasteiger charge is 2.23. The van der Waals surface area contributed by atoms with Crippen LogP contribution >= 0.6 is 11.3 Å². The quantitative estimate of drug-likeness (QED) is 0.677. The molecule has 6 nitrogen and oxygen atoms in total. The fraction of sp³-hybridized carbons (Fsp3) is 0.308. The van der Waals surface area contributed by atoms with Gasteiger partial charge in [0.1, 0.15) is 0 Å². The molecule has 0 spiro atoms. The number of hydrogen-bond donors (Lipinski definition) is 1. The molecular formula is C13H15N3O3S.